The van der Waals surface area contributed by atoms with E-state index in [1.165, 1.54) is 0 Å². The van der Waals surface area contributed by atoms with Crippen LogP contribution in [-0.4, -0.2) is 17.1 Å². The molecule has 5 heteroatoms. The smallest absolute Gasteiger partial charge is 0.232 e. The van der Waals surface area contributed by atoms with Crippen molar-refractivity contribution in [3.63, 3.8) is 0 Å². The molecule has 0 aliphatic rings. The van der Waals surface area contributed by atoms with Crippen molar-refractivity contribution in [1.29, 1.82) is 5.26 Å². The van der Waals surface area contributed by atoms with Crippen molar-refractivity contribution in [2.75, 3.05) is 7.11 Å². The Hall–Kier alpha value is -2.58. The second-order valence-corrected chi connectivity index (χ2v) is 6.20. The highest BCUT2D eigenvalue weighted by Gasteiger charge is 2.12. The summed E-state index contributed by atoms with van der Waals surface area (Å²) in [7, 11) is 1.56. The lowest BCUT2D eigenvalue weighted by Crippen LogP contribution is -1.94. The van der Waals surface area contributed by atoms with Gasteiger partial charge in [0.1, 0.15) is 0 Å². The molecule has 0 aliphatic heterocycles. The number of ether oxygens (including phenoxy) is 1. The molecule has 1 aromatic heterocycles. The molecule has 0 saturated carbocycles. The van der Waals surface area contributed by atoms with Gasteiger partial charge in [0.05, 0.1) is 36.8 Å². The van der Waals surface area contributed by atoms with Gasteiger partial charge in [-0.1, -0.05) is 30.5 Å². The van der Waals surface area contributed by atoms with Crippen molar-refractivity contribution < 1.29 is 4.74 Å². The van der Waals surface area contributed by atoms with Crippen LogP contribution >= 0.6 is 11.8 Å². The predicted molar refractivity (Wildman–Crippen MR) is 94.6 cm³/mol. The Bertz CT molecular complexity index is 771. The van der Waals surface area contributed by atoms with Gasteiger partial charge in [-0.2, -0.15) is 5.26 Å². The minimum Gasteiger partial charge on any atom is -0.480 e. The monoisotopic (exact) mass is 323 g/mol. The Kier molecular flexibility index (Phi) is 5.56. The van der Waals surface area contributed by atoms with Crippen LogP contribution in [0.15, 0.2) is 48.1 Å². The van der Waals surface area contributed by atoms with Crippen molar-refractivity contribution in [2.24, 2.45) is 0 Å². The van der Waals surface area contributed by atoms with E-state index >= 15 is 0 Å². The van der Waals surface area contributed by atoms with E-state index in [-0.39, 0.29) is 0 Å². The fraction of sp³-hybridized carbons (Fsp3) is 0.167. The van der Waals surface area contributed by atoms with Crippen molar-refractivity contribution >= 4 is 22.2 Å². The molecule has 0 spiro atoms. The van der Waals surface area contributed by atoms with Gasteiger partial charge in [0, 0.05) is 4.91 Å². The number of thioether (sulfide) groups is 1. The van der Waals surface area contributed by atoms with Crippen LogP contribution in [0.5, 0.6) is 5.88 Å². The quantitative estimate of drug-likeness (QED) is 0.810. The number of benzene rings is 1. The number of rotatable bonds is 5. The first-order valence-corrected chi connectivity index (χ1v) is 7.78. The first-order valence-electron chi connectivity index (χ1n) is 6.96. The second kappa shape index (κ2) is 7.61. The standard InChI is InChI=1S/C18H17N3OS/c1-12(2)23-18(16-10-21-17(22-4)11-20-16)13(3)15-7-5-14(9-19)6-8-15/h5-8,10-11H,1H2,2-4H3/b18-13+. The highest BCUT2D eigenvalue weighted by atomic mass is 32.2. The summed E-state index contributed by atoms with van der Waals surface area (Å²) >= 11 is 1.56. The van der Waals surface area contributed by atoms with Crippen LogP contribution in [0.2, 0.25) is 0 Å². The Balaban J connectivity index is 2.49. The number of methoxy groups -OCH3 is 1. The van der Waals surface area contributed by atoms with Gasteiger partial charge in [0.2, 0.25) is 5.88 Å². The van der Waals surface area contributed by atoms with E-state index in [0.29, 0.717) is 11.4 Å². The van der Waals surface area contributed by atoms with Gasteiger partial charge in [0.25, 0.3) is 0 Å². The third kappa shape index (κ3) is 4.21. The number of hydrogen-bond acceptors (Lipinski definition) is 5. The molecule has 0 aliphatic carbocycles. The van der Waals surface area contributed by atoms with Crippen molar-refractivity contribution in [3.05, 3.63) is 65.0 Å². The summed E-state index contributed by atoms with van der Waals surface area (Å²) in [5, 5.41) is 8.91. The lowest BCUT2D eigenvalue weighted by atomic mass is 10.0. The summed E-state index contributed by atoms with van der Waals surface area (Å²) < 4.78 is 5.06. The molecule has 1 heterocycles. The SMILES string of the molecule is C=C(C)S/C(=C(\C)c1ccc(C#N)cc1)c1cnc(OC)cn1. The normalized spacial score (nSPS) is 11.4. The zero-order chi connectivity index (χ0) is 16.8. The molecule has 0 amide bonds. The fourth-order valence-electron chi connectivity index (χ4n) is 1.96. The summed E-state index contributed by atoms with van der Waals surface area (Å²) in [6.45, 7) is 7.95. The molecule has 0 atom stereocenters. The molecule has 0 bridgehead atoms. The third-order valence-corrected chi connectivity index (χ3v) is 4.20. The van der Waals surface area contributed by atoms with Gasteiger partial charge in [-0.25, -0.2) is 9.97 Å². The molecule has 1 aromatic carbocycles. The average molecular weight is 323 g/mol. The van der Waals surface area contributed by atoms with Crippen LogP contribution in [0.1, 0.15) is 30.7 Å². The van der Waals surface area contributed by atoms with Crippen molar-refractivity contribution in [3.8, 4) is 11.9 Å². The van der Waals surface area contributed by atoms with Crippen molar-refractivity contribution in [1.82, 2.24) is 9.97 Å². The van der Waals surface area contributed by atoms with Gasteiger partial charge in [-0.15, -0.1) is 0 Å². The molecule has 0 radical (unpaired) electrons. The molecule has 2 rings (SSSR count). The highest BCUT2D eigenvalue weighted by molar-refractivity contribution is 8.11. The molecule has 116 valence electrons. The van der Waals surface area contributed by atoms with Crippen LogP contribution in [0.25, 0.3) is 10.5 Å². The van der Waals surface area contributed by atoms with Crippen LogP contribution in [0, 0.1) is 11.3 Å². The number of hydrogen-bond donors (Lipinski definition) is 0. The van der Waals surface area contributed by atoms with E-state index in [2.05, 4.69) is 22.6 Å². The maximum atomic E-state index is 8.91. The summed E-state index contributed by atoms with van der Waals surface area (Å²) in [4.78, 5) is 10.6. The van der Waals surface area contributed by atoms with Crippen LogP contribution in [0.4, 0.5) is 0 Å². The van der Waals surface area contributed by atoms with Crippen LogP contribution in [-0.2, 0) is 0 Å². The molecule has 0 saturated heterocycles. The molecule has 4 nitrogen and oxygen atoms in total. The topological polar surface area (TPSA) is 58.8 Å². The van der Waals surface area contributed by atoms with Gasteiger partial charge in [0.15, 0.2) is 0 Å². The summed E-state index contributed by atoms with van der Waals surface area (Å²) in [6, 6.07) is 9.61. The summed E-state index contributed by atoms with van der Waals surface area (Å²) in [6.07, 6.45) is 3.29. The first-order chi connectivity index (χ1) is 11.0. The van der Waals surface area contributed by atoms with E-state index in [0.717, 1.165) is 26.6 Å². The van der Waals surface area contributed by atoms with E-state index in [1.807, 2.05) is 38.1 Å². The average Bonchev–Trinajstić information content (AvgIpc) is 2.59. The molecule has 23 heavy (non-hydrogen) atoms. The molecular weight excluding hydrogens is 306 g/mol. The summed E-state index contributed by atoms with van der Waals surface area (Å²) in [5.74, 6) is 0.476. The number of nitriles is 1. The molecular formula is C18H17N3OS. The second-order valence-electron chi connectivity index (χ2n) is 4.89. The maximum absolute atomic E-state index is 8.91. The zero-order valence-corrected chi connectivity index (χ0v) is 14.1. The Morgan fingerprint density at radius 3 is 2.35 bits per heavy atom. The van der Waals surface area contributed by atoms with Gasteiger partial charge in [-0.3, -0.25) is 0 Å². The highest BCUT2D eigenvalue weighted by Crippen LogP contribution is 2.37. The Labute approximate surface area is 140 Å². The van der Waals surface area contributed by atoms with Crippen LogP contribution < -0.4 is 4.74 Å². The van der Waals surface area contributed by atoms with Crippen molar-refractivity contribution in [2.45, 2.75) is 13.8 Å². The molecule has 2 aromatic rings. The minimum absolute atomic E-state index is 0.476. The third-order valence-electron chi connectivity index (χ3n) is 3.13. The van der Waals surface area contributed by atoms with Gasteiger partial charge >= 0.3 is 0 Å². The number of aromatic nitrogens is 2. The largest absolute Gasteiger partial charge is 0.480 e. The molecule has 0 fully saturated rings. The summed E-state index contributed by atoms with van der Waals surface area (Å²) in [5.41, 5.74) is 3.49. The Morgan fingerprint density at radius 1 is 1.17 bits per heavy atom. The minimum atomic E-state index is 0.476. The van der Waals surface area contributed by atoms with E-state index in [4.69, 9.17) is 10.00 Å². The number of allylic oxidation sites excluding steroid dienone is 2. The lowest BCUT2D eigenvalue weighted by Gasteiger charge is -2.12. The van der Waals surface area contributed by atoms with Gasteiger partial charge < -0.3 is 4.74 Å². The zero-order valence-electron chi connectivity index (χ0n) is 13.3. The lowest BCUT2D eigenvalue weighted by molar-refractivity contribution is 0.395. The Morgan fingerprint density at radius 2 is 1.87 bits per heavy atom. The van der Waals surface area contributed by atoms with E-state index in [9.17, 15) is 0 Å². The van der Waals surface area contributed by atoms with E-state index < -0.39 is 0 Å². The van der Waals surface area contributed by atoms with Crippen LogP contribution in [0.3, 0.4) is 0 Å². The first kappa shape index (κ1) is 16.8. The molecule has 0 unspecified atom stereocenters. The van der Waals surface area contributed by atoms with Gasteiger partial charge in [-0.05, 0) is 42.0 Å². The molecule has 0 N–H and O–H groups in total. The maximum Gasteiger partial charge on any atom is 0.232 e. The fourth-order valence-corrected chi connectivity index (χ4v) is 2.79. The predicted octanol–water partition coefficient (Wildman–Crippen LogP) is 4.51. The number of nitrogens with zero attached hydrogens (tertiary/aromatic N) is 3. The van der Waals surface area contributed by atoms with E-state index in [1.54, 1.807) is 31.3 Å².